The molecule has 0 aromatic carbocycles. The molecule has 5 nitrogen and oxygen atoms in total. The maximum atomic E-state index is 12.5. The van der Waals surface area contributed by atoms with E-state index in [1.54, 1.807) is 0 Å². The third-order valence-electron chi connectivity index (χ3n) is 9.23. The Morgan fingerprint density at radius 1 is 0.426 bits per heavy atom. The van der Waals surface area contributed by atoms with Crippen LogP contribution < -0.4 is 0 Å². The van der Waals surface area contributed by atoms with Gasteiger partial charge in [-0.2, -0.15) is 0 Å². The van der Waals surface area contributed by atoms with Gasteiger partial charge in [-0.25, -0.2) is 0 Å². The van der Waals surface area contributed by atoms with Crippen LogP contribution in [-0.2, 0) is 23.8 Å². The smallest absolute Gasteiger partial charge is 0.306 e. The molecule has 1 atom stereocenters. The molecule has 0 amide bonds. The van der Waals surface area contributed by atoms with Crippen molar-refractivity contribution < 1.29 is 23.8 Å². The summed E-state index contributed by atoms with van der Waals surface area (Å²) in [4.78, 5) is 25.0. The minimum atomic E-state index is -0.552. The van der Waals surface area contributed by atoms with Gasteiger partial charge < -0.3 is 14.2 Å². The average molecular weight is 753 g/mol. The number of allylic oxidation sites excluding steroid dienone is 12. The van der Waals surface area contributed by atoms with Gasteiger partial charge >= 0.3 is 11.9 Å². The molecule has 0 aromatic heterocycles. The van der Waals surface area contributed by atoms with Gasteiger partial charge in [-0.3, -0.25) is 9.59 Å². The fourth-order valence-electron chi connectivity index (χ4n) is 5.88. The van der Waals surface area contributed by atoms with Crippen LogP contribution in [0.2, 0.25) is 0 Å². The maximum Gasteiger partial charge on any atom is 0.306 e. The molecule has 54 heavy (non-hydrogen) atoms. The van der Waals surface area contributed by atoms with Crippen LogP contribution in [0, 0.1) is 0 Å². The second-order valence-electron chi connectivity index (χ2n) is 14.6. The number of carbonyl (C=O) groups is 2. The van der Waals surface area contributed by atoms with Crippen molar-refractivity contribution in [2.75, 3.05) is 19.8 Å². The van der Waals surface area contributed by atoms with Gasteiger partial charge in [0, 0.05) is 19.4 Å². The first kappa shape index (κ1) is 51.3. The Kier molecular flexibility index (Phi) is 42.5. The highest BCUT2D eigenvalue weighted by molar-refractivity contribution is 5.70. The minimum absolute atomic E-state index is 0.0654. The van der Waals surface area contributed by atoms with Gasteiger partial charge in [0.1, 0.15) is 6.61 Å². The zero-order valence-electron chi connectivity index (χ0n) is 35.5. The van der Waals surface area contributed by atoms with Gasteiger partial charge in [0.25, 0.3) is 0 Å². The lowest BCUT2D eigenvalue weighted by molar-refractivity contribution is -0.163. The lowest BCUT2D eigenvalue weighted by atomic mass is 10.1. The summed E-state index contributed by atoms with van der Waals surface area (Å²) in [5.74, 6) is -0.440. The summed E-state index contributed by atoms with van der Waals surface area (Å²) >= 11 is 0. The molecule has 0 N–H and O–H groups in total. The quantitative estimate of drug-likeness (QED) is 0.0354. The normalized spacial score (nSPS) is 12.9. The Morgan fingerprint density at radius 3 is 1.37 bits per heavy atom. The van der Waals surface area contributed by atoms with Crippen LogP contribution >= 0.6 is 0 Å². The van der Waals surface area contributed by atoms with E-state index in [9.17, 15) is 9.59 Å². The van der Waals surface area contributed by atoms with Gasteiger partial charge in [0.15, 0.2) is 6.10 Å². The van der Waals surface area contributed by atoms with Crippen LogP contribution in [0.4, 0.5) is 0 Å². The van der Waals surface area contributed by atoms with E-state index in [-0.39, 0.29) is 25.2 Å². The average Bonchev–Trinajstić information content (AvgIpc) is 3.17. The number of ether oxygens (including phenoxy) is 3. The van der Waals surface area contributed by atoms with Gasteiger partial charge in [0.05, 0.1) is 6.61 Å². The van der Waals surface area contributed by atoms with Gasteiger partial charge in [-0.1, -0.05) is 171 Å². The zero-order valence-corrected chi connectivity index (χ0v) is 35.5. The summed E-state index contributed by atoms with van der Waals surface area (Å²) in [6, 6.07) is 0. The molecule has 0 heterocycles. The summed E-state index contributed by atoms with van der Waals surface area (Å²) in [6.07, 6.45) is 56.4. The SMILES string of the molecule is CC/C=C\C/C=C\C/C=C\C/C=C\CCCCCOCC(COC(=O)CCCCCCCCC/C=C\C/C=C\CCCCC)OC(=O)CCCCCCC. The third kappa shape index (κ3) is 42.1. The van der Waals surface area contributed by atoms with E-state index in [1.165, 1.54) is 70.6 Å². The van der Waals surface area contributed by atoms with E-state index >= 15 is 0 Å². The largest absolute Gasteiger partial charge is 0.462 e. The first-order valence-corrected chi connectivity index (χ1v) is 22.5. The Hall–Kier alpha value is -2.66. The van der Waals surface area contributed by atoms with Crippen molar-refractivity contribution in [2.24, 2.45) is 0 Å². The Bertz CT molecular complexity index is 988. The minimum Gasteiger partial charge on any atom is -0.462 e. The molecule has 0 aliphatic rings. The first-order valence-electron chi connectivity index (χ1n) is 22.5. The Labute approximate surface area is 334 Å². The molecule has 0 spiro atoms. The molecule has 0 radical (unpaired) electrons. The molecule has 0 saturated heterocycles. The van der Waals surface area contributed by atoms with E-state index in [1.807, 2.05) is 0 Å². The molecule has 1 unspecified atom stereocenters. The summed E-state index contributed by atoms with van der Waals surface area (Å²) in [5, 5.41) is 0. The molecule has 0 fully saturated rings. The predicted molar refractivity (Wildman–Crippen MR) is 233 cm³/mol. The van der Waals surface area contributed by atoms with Crippen LogP contribution in [-0.4, -0.2) is 37.9 Å². The van der Waals surface area contributed by atoms with Crippen LogP contribution in [0.25, 0.3) is 0 Å². The summed E-state index contributed by atoms with van der Waals surface area (Å²) < 4.78 is 17.2. The summed E-state index contributed by atoms with van der Waals surface area (Å²) in [7, 11) is 0. The lowest BCUT2D eigenvalue weighted by Gasteiger charge is -2.18. The highest BCUT2D eigenvalue weighted by atomic mass is 16.6. The highest BCUT2D eigenvalue weighted by Gasteiger charge is 2.17. The Balaban J connectivity index is 4.14. The van der Waals surface area contributed by atoms with Crippen LogP contribution in [0.5, 0.6) is 0 Å². The number of carbonyl (C=O) groups excluding carboxylic acids is 2. The second-order valence-corrected chi connectivity index (χ2v) is 14.6. The van der Waals surface area contributed by atoms with Crippen molar-refractivity contribution in [3.05, 3.63) is 72.9 Å². The molecular weight excluding hydrogens is 669 g/mol. The molecular formula is C49H84O5. The van der Waals surface area contributed by atoms with Crippen LogP contribution in [0.3, 0.4) is 0 Å². The highest BCUT2D eigenvalue weighted by Crippen LogP contribution is 2.12. The monoisotopic (exact) mass is 753 g/mol. The van der Waals surface area contributed by atoms with Crippen LogP contribution in [0.1, 0.15) is 201 Å². The first-order chi connectivity index (χ1) is 26.6. The van der Waals surface area contributed by atoms with Crippen molar-refractivity contribution in [3.63, 3.8) is 0 Å². The fraction of sp³-hybridized carbons (Fsp3) is 0.714. The lowest BCUT2D eigenvalue weighted by Crippen LogP contribution is -2.30. The van der Waals surface area contributed by atoms with E-state index in [2.05, 4.69) is 93.7 Å². The maximum absolute atomic E-state index is 12.5. The van der Waals surface area contributed by atoms with Gasteiger partial charge in [-0.05, 0) is 89.9 Å². The van der Waals surface area contributed by atoms with E-state index in [0.29, 0.717) is 19.4 Å². The molecule has 5 heteroatoms. The van der Waals surface area contributed by atoms with E-state index < -0.39 is 6.10 Å². The van der Waals surface area contributed by atoms with Crippen molar-refractivity contribution in [2.45, 2.75) is 207 Å². The number of hydrogen-bond donors (Lipinski definition) is 0. The molecule has 0 bridgehead atoms. The molecule has 0 aromatic rings. The van der Waals surface area contributed by atoms with Gasteiger partial charge in [0.2, 0.25) is 0 Å². The number of hydrogen-bond acceptors (Lipinski definition) is 5. The second kappa shape index (κ2) is 44.7. The number of rotatable bonds is 40. The zero-order chi connectivity index (χ0) is 39.3. The van der Waals surface area contributed by atoms with Crippen molar-refractivity contribution in [1.29, 1.82) is 0 Å². The fourth-order valence-corrected chi connectivity index (χ4v) is 5.88. The van der Waals surface area contributed by atoms with Crippen LogP contribution in [0.15, 0.2) is 72.9 Å². The molecule has 0 rings (SSSR count). The molecule has 310 valence electrons. The van der Waals surface area contributed by atoms with Crippen molar-refractivity contribution >= 4 is 11.9 Å². The van der Waals surface area contributed by atoms with Crippen molar-refractivity contribution in [3.8, 4) is 0 Å². The molecule has 0 saturated carbocycles. The van der Waals surface area contributed by atoms with Gasteiger partial charge in [-0.15, -0.1) is 0 Å². The topological polar surface area (TPSA) is 61.8 Å². The predicted octanol–water partition coefficient (Wildman–Crippen LogP) is 14.8. The van der Waals surface area contributed by atoms with E-state index in [4.69, 9.17) is 14.2 Å². The van der Waals surface area contributed by atoms with Crippen molar-refractivity contribution in [1.82, 2.24) is 0 Å². The third-order valence-corrected chi connectivity index (χ3v) is 9.23. The summed E-state index contributed by atoms with van der Waals surface area (Å²) in [6.45, 7) is 7.53. The standard InChI is InChI=1S/C49H84O5/c1-4-7-10-13-15-17-19-21-23-25-26-28-30-32-34-37-39-42-48(50)53-46-47(54-49(51)43-40-36-12-9-6-3)45-52-44-41-38-35-33-31-29-27-24-22-20-18-16-14-11-8-5-2/h8,11,15-18,21-24,29,31,47H,4-7,9-10,12-14,19-20,25-28,30,32-46H2,1-3H3/b11-8-,17-15-,18-16-,23-21-,24-22-,31-29-. The molecule has 0 aliphatic heterocycles. The number of unbranched alkanes of at least 4 members (excludes halogenated alkanes) is 17. The van der Waals surface area contributed by atoms with E-state index in [0.717, 1.165) is 96.3 Å². The molecule has 0 aliphatic carbocycles. The summed E-state index contributed by atoms with van der Waals surface area (Å²) in [5.41, 5.74) is 0. The Morgan fingerprint density at radius 2 is 0.833 bits per heavy atom. The number of esters is 2.